The number of unbranched alkanes of at least 4 members (excludes halogenated alkanes) is 1. The van der Waals surface area contributed by atoms with Crippen molar-refractivity contribution in [2.45, 2.75) is 25.9 Å². The Morgan fingerprint density at radius 2 is 1.91 bits per heavy atom. The van der Waals surface area contributed by atoms with Gasteiger partial charge < -0.3 is 24.8 Å². The van der Waals surface area contributed by atoms with Crippen LogP contribution in [0, 0.1) is 0 Å². The van der Waals surface area contributed by atoms with Crippen molar-refractivity contribution in [3.8, 4) is 21.9 Å². The third-order valence-electron chi connectivity index (χ3n) is 5.67. The molecule has 2 aromatic heterocycles. The second-order valence-corrected chi connectivity index (χ2v) is 8.80. The zero-order chi connectivity index (χ0) is 24.1. The quantitative estimate of drug-likeness (QED) is 0.314. The number of aliphatic hydroxyl groups is 1. The summed E-state index contributed by atoms with van der Waals surface area (Å²) < 4.78 is 6.65. The molecule has 4 rings (SSSR count). The van der Waals surface area contributed by atoms with E-state index in [0.717, 1.165) is 16.0 Å². The number of fused-ring (bicyclic) bond motifs is 1. The Morgan fingerprint density at radius 3 is 2.59 bits per heavy atom. The zero-order valence-corrected chi connectivity index (χ0v) is 19.6. The number of hydrogen-bond acceptors (Lipinski definition) is 6. The molecule has 7 nitrogen and oxygen atoms in total. The molecule has 0 fully saturated rings. The number of nitrogens with one attached hydrogen (secondary N) is 1. The number of thiophene rings is 1. The average molecular weight is 479 g/mol. The summed E-state index contributed by atoms with van der Waals surface area (Å²) in [6, 6.07) is 16.6. The van der Waals surface area contributed by atoms with Gasteiger partial charge in [0.2, 0.25) is 0 Å². The molecule has 2 aromatic carbocycles. The highest BCUT2D eigenvalue weighted by molar-refractivity contribution is 7.13. The Morgan fingerprint density at radius 1 is 1.12 bits per heavy atom. The predicted molar refractivity (Wildman–Crippen MR) is 134 cm³/mol. The lowest BCUT2D eigenvalue weighted by molar-refractivity contribution is 0.0946. The smallest absolute Gasteiger partial charge is 0.267 e. The van der Waals surface area contributed by atoms with Crippen LogP contribution in [0.5, 0.6) is 11.5 Å². The van der Waals surface area contributed by atoms with Crippen molar-refractivity contribution in [3.63, 3.8) is 0 Å². The van der Waals surface area contributed by atoms with Crippen molar-refractivity contribution < 1.29 is 19.7 Å². The fraction of sp³-hybridized carbons (Fsp3) is 0.231. The number of ether oxygens (including phenoxy) is 1. The summed E-state index contributed by atoms with van der Waals surface area (Å²) in [5, 5.41) is 25.4. The van der Waals surface area contributed by atoms with E-state index in [1.54, 1.807) is 42.7 Å². The van der Waals surface area contributed by atoms with Crippen molar-refractivity contribution in [1.82, 2.24) is 9.88 Å². The van der Waals surface area contributed by atoms with Gasteiger partial charge in [-0.3, -0.25) is 9.59 Å². The third kappa shape index (κ3) is 4.83. The van der Waals surface area contributed by atoms with E-state index in [1.807, 2.05) is 35.7 Å². The lowest BCUT2D eigenvalue weighted by Gasteiger charge is -2.16. The summed E-state index contributed by atoms with van der Waals surface area (Å²) in [6.45, 7) is 0.537. The van der Waals surface area contributed by atoms with Crippen LogP contribution in [-0.4, -0.2) is 34.4 Å². The maximum Gasteiger partial charge on any atom is 0.267 e. The van der Waals surface area contributed by atoms with E-state index in [4.69, 9.17) is 9.84 Å². The van der Waals surface area contributed by atoms with Gasteiger partial charge in [-0.25, -0.2) is 0 Å². The highest BCUT2D eigenvalue weighted by Gasteiger charge is 2.22. The maximum absolute atomic E-state index is 13.3. The Kier molecular flexibility index (Phi) is 7.30. The molecule has 3 N–H and O–H groups in total. The molecule has 0 atom stereocenters. The molecule has 0 spiro atoms. The Hall–Kier alpha value is -3.62. The van der Waals surface area contributed by atoms with Crippen molar-refractivity contribution >= 4 is 28.1 Å². The first-order valence-electron chi connectivity index (χ1n) is 11.0. The molecule has 4 aromatic rings. The highest BCUT2D eigenvalue weighted by atomic mass is 32.1. The van der Waals surface area contributed by atoms with E-state index >= 15 is 0 Å². The van der Waals surface area contributed by atoms with E-state index in [1.165, 1.54) is 4.57 Å². The molecule has 0 unspecified atom stereocenters. The number of pyridine rings is 1. The van der Waals surface area contributed by atoms with Gasteiger partial charge in [0.1, 0.15) is 17.1 Å². The standard InChI is InChI=1S/C26H26N2O5S/c1-33-19-9-6-17(7-10-19)16-27-25(31)23-24(30)20-15-18(22-5-4-14-34-22)8-11-21(20)28(26(23)32)12-2-3-13-29/h4-11,14-15,29-30H,2-3,12-13,16H2,1H3,(H,27,31). The molecular weight excluding hydrogens is 452 g/mol. The number of rotatable bonds is 9. The molecule has 0 saturated carbocycles. The maximum atomic E-state index is 13.3. The van der Waals surface area contributed by atoms with Gasteiger partial charge in [0.05, 0.1) is 12.6 Å². The molecule has 0 aliphatic rings. The molecule has 176 valence electrons. The Labute approximate surface area is 200 Å². The van der Waals surface area contributed by atoms with E-state index in [9.17, 15) is 14.7 Å². The van der Waals surface area contributed by atoms with Crippen LogP contribution >= 0.6 is 11.3 Å². The normalized spacial score (nSPS) is 11.0. The SMILES string of the molecule is COc1ccc(CNC(=O)c2c(O)c3cc(-c4cccs4)ccc3n(CCCCO)c2=O)cc1. The summed E-state index contributed by atoms with van der Waals surface area (Å²) in [6.07, 6.45) is 1.09. The first-order valence-corrected chi connectivity index (χ1v) is 11.9. The van der Waals surface area contributed by atoms with Gasteiger partial charge in [0.25, 0.3) is 11.5 Å². The molecule has 0 aliphatic heterocycles. The lowest BCUT2D eigenvalue weighted by atomic mass is 10.0. The first kappa shape index (κ1) is 23.5. The van der Waals surface area contributed by atoms with E-state index < -0.39 is 11.5 Å². The molecule has 0 aliphatic carbocycles. The number of nitrogens with zero attached hydrogens (tertiary/aromatic N) is 1. The first-order chi connectivity index (χ1) is 16.5. The van der Waals surface area contributed by atoms with E-state index in [-0.39, 0.29) is 24.5 Å². The van der Waals surface area contributed by atoms with Crippen LogP contribution in [0.1, 0.15) is 28.8 Å². The molecule has 0 radical (unpaired) electrons. The van der Waals surface area contributed by atoms with Gasteiger partial charge in [0.15, 0.2) is 0 Å². The minimum absolute atomic E-state index is 0.0164. The number of benzene rings is 2. The molecule has 8 heteroatoms. The van der Waals surface area contributed by atoms with Crippen LogP contribution < -0.4 is 15.6 Å². The summed E-state index contributed by atoms with van der Waals surface area (Å²) >= 11 is 1.57. The number of aromatic nitrogens is 1. The van der Waals surface area contributed by atoms with Crippen molar-refractivity contribution in [2.75, 3.05) is 13.7 Å². The Balaban J connectivity index is 1.73. The molecule has 0 bridgehead atoms. The summed E-state index contributed by atoms with van der Waals surface area (Å²) in [5.41, 5.74) is 1.43. The largest absolute Gasteiger partial charge is 0.506 e. The minimum atomic E-state index is -0.641. The minimum Gasteiger partial charge on any atom is -0.506 e. The fourth-order valence-electron chi connectivity index (χ4n) is 3.86. The zero-order valence-electron chi connectivity index (χ0n) is 18.8. The molecule has 2 heterocycles. The van der Waals surface area contributed by atoms with Crippen LogP contribution in [0.25, 0.3) is 21.3 Å². The third-order valence-corrected chi connectivity index (χ3v) is 6.59. The van der Waals surface area contributed by atoms with Crippen LogP contribution in [-0.2, 0) is 13.1 Å². The number of aromatic hydroxyl groups is 1. The van der Waals surface area contributed by atoms with Crippen molar-refractivity contribution in [3.05, 3.63) is 81.5 Å². The van der Waals surface area contributed by atoms with Gasteiger partial charge in [-0.2, -0.15) is 0 Å². The molecule has 1 amide bonds. The number of methoxy groups -OCH3 is 1. The second-order valence-electron chi connectivity index (χ2n) is 7.85. The molecule has 0 saturated heterocycles. The summed E-state index contributed by atoms with van der Waals surface area (Å²) in [4.78, 5) is 27.4. The average Bonchev–Trinajstić information content (AvgIpc) is 3.40. The monoisotopic (exact) mass is 478 g/mol. The van der Waals surface area contributed by atoms with Gasteiger partial charge in [-0.15, -0.1) is 11.3 Å². The molecular formula is C26H26N2O5S. The van der Waals surface area contributed by atoms with Crippen LogP contribution in [0.2, 0.25) is 0 Å². The number of aliphatic hydroxyl groups excluding tert-OH is 1. The van der Waals surface area contributed by atoms with Crippen molar-refractivity contribution in [2.24, 2.45) is 0 Å². The predicted octanol–water partition coefficient (Wildman–Crippen LogP) is 4.15. The Bertz CT molecular complexity index is 1340. The number of carbonyl (C=O) groups excluding carboxylic acids is 1. The summed E-state index contributed by atoms with van der Waals surface area (Å²) in [7, 11) is 1.58. The molecule has 34 heavy (non-hydrogen) atoms. The van der Waals surface area contributed by atoms with E-state index in [0.29, 0.717) is 36.0 Å². The fourth-order valence-corrected chi connectivity index (χ4v) is 4.58. The van der Waals surface area contributed by atoms with Crippen LogP contribution in [0.4, 0.5) is 0 Å². The van der Waals surface area contributed by atoms with Gasteiger partial charge in [-0.1, -0.05) is 24.3 Å². The lowest BCUT2D eigenvalue weighted by Crippen LogP contribution is -2.33. The van der Waals surface area contributed by atoms with Crippen molar-refractivity contribution in [1.29, 1.82) is 0 Å². The highest BCUT2D eigenvalue weighted by Crippen LogP contribution is 2.33. The van der Waals surface area contributed by atoms with E-state index in [2.05, 4.69) is 5.32 Å². The summed E-state index contributed by atoms with van der Waals surface area (Å²) in [5.74, 6) is -0.267. The van der Waals surface area contributed by atoms with Crippen LogP contribution in [0.15, 0.2) is 64.8 Å². The van der Waals surface area contributed by atoms with Gasteiger partial charge >= 0.3 is 0 Å². The number of amides is 1. The van der Waals surface area contributed by atoms with Gasteiger partial charge in [-0.05, 0) is 59.7 Å². The number of hydrogen-bond donors (Lipinski definition) is 3. The van der Waals surface area contributed by atoms with Gasteiger partial charge in [0, 0.05) is 30.0 Å². The topological polar surface area (TPSA) is 101 Å². The number of aryl methyl sites for hydroxylation is 1. The second kappa shape index (κ2) is 10.5. The number of carbonyl (C=O) groups is 1. The van der Waals surface area contributed by atoms with Crippen LogP contribution in [0.3, 0.4) is 0 Å².